The molecule has 2 rings (SSSR count). The first kappa shape index (κ1) is 17.9. The fourth-order valence-electron chi connectivity index (χ4n) is 2.30. The molecule has 1 heterocycles. The average Bonchev–Trinajstić information content (AvgIpc) is 2.78. The summed E-state index contributed by atoms with van der Waals surface area (Å²) in [7, 11) is -5.75. The molecule has 0 bridgehead atoms. The van der Waals surface area contributed by atoms with Crippen LogP contribution >= 0.6 is 0 Å². The number of amides is 1. The minimum absolute atomic E-state index is 0.0534. The van der Waals surface area contributed by atoms with Gasteiger partial charge in [-0.25, -0.2) is 25.4 Å². The van der Waals surface area contributed by atoms with E-state index in [1.165, 1.54) is 35.6 Å². The molecule has 0 saturated carbocycles. The first-order chi connectivity index (χ1) is 10.7. The van der Waals surface area contributed by atoms with Crippen LogP contribution in [-0.2, 0) is 24.8 Å². The lowest BCUT2D eigenvalue weighted by Crippen LogP contribution is -2.30. The maximum absolute atomic E-state index is 12.4. The van der Waals surface area contributed by atoms with Crippen LogP contribution in [0.1, 0.15) is 26.2 Å². The molecule has 0 unspecified atom stereocenters. The van der Waals surface area contributed by atoms with Crippen molar-refractivity contribution in [1.29, 1.82) is 0 Å². The monoisotopic (exact) mass is 360 g/mol. The van der Waals surface area contributed by atoms with Gasteiger partial charge >= 0.3 is 0 Å². The van der Waals surface area contributed by atoms with Gasteiger partial charge in [-0.05, 0) is 30.7 Å². The molecule has 0 aromatic heterocycles. The van der Waals surface area contributed by atoms with Gasteiger partial charge < -0.3 is 0 Å². The molecule has 23 heavy (non-hydrogen) atoms. The molecule has 1 aromatic rings. The Morgan fingerprint density at radius 1 is 1.22 bits per heavy atom. The third kappa shape index (κ3) is 3.56. The van der Waals surface area contributed by atoms with Crippen molar-refractivity contribution in [1.82, 2.24) is 4.31 Å². The maximum Gasteiger partial charge on any atom is 0.242 e. The number of unbranched alkanes of at least 4 members (excludes halogenated alkanes) is 1. The van der Waals surface area contributed by atoms with Gasteiger partial charge in [-0.1, -0.05) is 13.3 Å². The van der Waals surface area contributed by atoms with Gasteiger partial charge in [-0.15, -0.1) is 0 Å². The third-order valence-corrected chi connectivity index (χ3v) is 7.25. The molecule has 1 aromatic carbocycles. The SMILES string of the molecule is CCCCN(C)S(=O)(=O)c1ccc(N2C(=O)CCS2(=O)=O)cc1. The minimum Gasteiger partial charge on any atom is -0.273 e. The van der Waals surface area contributed by atoms with Crippen LogP contribution in [-0.4, -0.2) is 46.4 Å². The third-order valence-electron chi connectivity index (χ3n) is 3.68. The molecule has 128 valence electrons. The predicted octanol–water partition coefficient (Wildman–Crippen LogP) is 1.17. The molecule has 0 atom stereocenters. The van der Waals surface area contributed by atoms with Gasteiger partial charge in [-0.3, -0.25) is 4.79 Å². The fourth-order valence-corrected chi connectivity index (χ4v) is 4.97. The van der Waals surface area contributed by atoms with E-state index in [9.17, 15) is 21.6 Å². The number of anilines is 1. The Balaban J connectivity index is 2.28. The Bertz CT molecular complexity index is 785. The van der Waals surface area contributed by atoms with Crippen LogP contribution in [0.2, 0.25) is 0 Å². The lowest BCUT2D eigenvalue weighted by Gasteiger charge is -2.18. The summed E-state index contributed by atoms with van der Waals surface area (Å²) in [6.07, 6.45) is 1.59. The molecular formula is C14H20N2O5S2. The van der Waals surface area contributed by atoms with Crippen molar-refractivity contribution in [2.75, 3.05) is 23.7 Å². The van der Waals surface area contributed by atoms with Crippen molar-refractivity contribution in [3.63, 3.8) is 0 Å². The van der Waals surface area contributed by atoms with E-state index in [4.69, 9.17) is 0 Å². The highest BCUT2D eigenvalue weighted by Gasteiger charge is 2.36. The van der Waals surface area contributed by atoms with Crippen LogP contribution < -0.4 is 4.31 Å². The van der Waals surface area contributed by atoms with E-state index in [2.05, 4.69) is 0 Å². The number of carbonyl (C=O) groups excluding carboxylic acids is 1. The molecule has 0 radical (unpaired) electrons. The summed E-state index contributed by atoms with van der Waals surface area (Å²) in [6, 6.07) is 5.35. The summed E-state index contributed by atoms with van der Waals surface area (Å²) in [6.45, 7) is 2.39. The Labute approximate surface area is 137 Å². The van der Waals surface area contributed by atoms with E-state index >= 15 is 0 Å². The van der Waals surface area contributed by atoms with E-state index in [1.54, 1.807) is 0 Å². The summed E-state index contributed by atoms with van der Waals surface area (Å²) in [5, 5.41) is 0. The van der Waals surface area contributed by atoms with Crippen molar-refractivity contribution >= 4 is 31.6 Å². The maximum atomic E-state index is 12.4. The van der Waals surface area contributed by atoms with Crippen LogP contribution in [0.4, 0.5) is 5.69 Å². The lowest BCUT2D eigenvalue weighted by atomic mass is 10.3. The molecule has 9 heteroatoms. The Hall–Kier alpha value is -1.45. The number of nitrogens with zero attached hydrogens (tertiary/aromatic N) is 2. The standard InChI is InChI=1S/C14H20N2O5S2/c1-3-4-10-15(2)23(20,21)13-7-5-12(6-8-13)16-14(17)9-11-22(16,18)19/h5-8H,3-4,9-11H2,1-2H3. The quantitative estimate of drug-likeness (QED) is 0.759. The van der Waals surface area contributed by atoms with Crippen molar-refractivity contribution < 1.29 is 21.6 Å². The number of carbonyl (C=O) groups is 1. The van der Waals surface area contributed by atoms with Crippen molar-refractivity contribution in [3.8, 4) is 0 Å². The van der Waals surface area contributed by atoms with Gasteiger partial charge in [0.25, 0.3) is 0 Å². The number of hydrogen-bond acceptors (Lipinski definition) is 5. The fraction of sp³-hybridized carbons (Fsp3) is 0.500. The van der Waals surface area contributed by atoms with E-state index in [0.717, 1.165) is 17.1 Å². The van der Waals surface area contributed by atoms with E-state index in [1.807, 2.05) is 6.92 Å². The molecule has 1 saturated heterocycles. The zero-order valence-corrected chi connectivity index (χ0v) is 14.7. The number of rotatable bonds is 6. The van der Waals surface area contributed by atoms with E-state index < -0.39 is 26.0 Å². The Morgan fingerprint density at radius 3 is 2.30 bits per heavy atom. The predicted molar refractivity (Wildman–Crippen MR) is 87.1 cm³/mol. The number of benzene rings is 1. The second-order valence-corrected chi connectivity index (χ2v) is 9.38. The summed E-state index contributed by atoms with van der Waals surface area (Å²) < 4.78 is 50.5. The molecule has 0 spiro atoms. The normalized spacial score (nSPS) is 17.9. The minimum atomic E-state index is -3.64. The lowest BCUT2D eigenvalue weighted by molar-refractivity contribution is -0.116. The van der Waals surface area contributed by atoms with Crippen LogP contribution in [0, 0.1) is 0 Å². The number of sulfonamides is 2. The van der Waals surface area contributed by atoms with Gasteiger partial charge in [0.2, 0.25) is 26.0 Å². The summed E-state index contributed by atoms with van der Waals surface area (Å²) >= 11 is 0. The summed E-state index contributed by atoms with van der Waals surface area (Å²) in [5.41, 5.74) is 0.169. The highest BCUT2D eigenvalue weighted by molar-refractivity contribution is 7.94. The highest BCUT2D eigenvalue weighted by atomic mass is 32.2. The molecule has 1 fully saturated rings. The smallest absolute Gasteiger partial charge is 0.242 e. The molecule has 7 nitrogen and oxygen atoms in total. The van der Waals surface area contributed by atoms with Gasteiger partial charge in [0, 0.05) is 20.0 Å². The van der Waals surface area contributed by atoms with Crippen LogP contribution in [0.25, 0.3) is 0 Å². The largest absolute Gasteiger partial charge is 0.273 e. The van der Waals surface area contributed by atoms with Gasteiger partial charge in [0.15, 0.2) is 0 Å². The molecule has 0 N–H and O–H groups in total. The van der Waals surface area contributed by atoms with Crippen LogP contribution in [0.5, 0.6) is 0 Å². The zero-order chi connectivity index (χ0) is 17.3. The second-order valence-electron chi connectivity index (χ2n) is 5.40. The zero-order valence-electron chi connectivity index (χ0n) is 13.1. The van der Waals surface area contributed by atoms with Gasteiger partial charge in [-0.2, -0.15) is 0 Å². The van der Waals surface area contributed by atoms with Crippen molar-refractivity contribution in [3.05, 3.63) is 24.3 Å². The topological polar surface area (TPSA) is 91.8 Å². The Kier molecular flexibility index (Phi) is 5.12. The molecular weight excluding hydrogens is 340 g/mol. The summed E-state index contributed by atoms with van der Waals surface area (Å²) in [5.74, 6) is -0.716. The van der Waals surface area contributed by atoms with Crippen LogP contribution in [0.15, 0.2) is 29.2 Å². The van der Waals surface area contributed by atoms with E-state index in [0.29, 0.717) is 6.54 Å². The number of hydrogen-bond donors (Lipinski definition) is 0. The average molecular weight is 360 g/mol. The molecule has 1 amide bonds. The van der Waals surface area contributed by atoms with Gasteiger partial charge in [0.05, 0.1) is 16.3 Å². The van der Waals surface area contributed by atoms with Crippen molar-refractivity contribution in [2.45, 2.75) is 31.1 Å². The Morgan fingerprint density at radius 2 is 1.83 bits per heavy atom. The molecule has 0 aliphatic carbocycles. The molecule has 1 aliphatic rings. The summed E-state index contributed by atoms with van der Waals surface area (Å²) in [4.78, 5) is 11.8. The van der Waals surface area contributed by atoms with E-state index in [-0.39, 0.29) is 22.8 Å². The van der Waals surface area contributed by atoms with Crippen molar-refractivity contribution in [2.24, 2.45) is 0 Å². The first-order valence-electron chi connectivity index (χ1n) is 7.32. The molecule has 1 aliphatic heterocycles. The van der Waals surface area contributed by atoms with Gasteiger partial charge in [0.1, 0.15) is 0 Å². The highest BCUT2D eigenvalue weighted by Crippen LogP contribution is 2.26. The second kappa shape index (κ2) is 6.58. The first-order valence-corrected chi connectivity index (χ1v) is 10.4. The van der Waals surface area contributed by atoms with Crippen LogP contribution in [0.3, 0.4) is 0 Å².